The molecule has 0 bridgehead atoms. The zero-order valence-corrected chi connectivity index (χ0v) is 16.9. The fourth-order valence-electron chi connectivity index (χ4n) is 5.35. The van der Waals surface area contributed by atoms with Gasteiger partial charge in [-0.2, -0.15) is 0 Å². The number of aliphatic hydroxyl groups excluding tert-OH is 1. The SMILES string of the molecule is CC(=O)OCC(C)CCCC(C)C1CCC(C)C12CC=C(C)C(O)C2. The molecular weight excluding hydrogens is 312 g/mol. The van der Waals surface area contributed by atoms with Crippen LogP contribution in [0, 0.1) is 29.1 Å². The highest BCUT2D eigenvalue weighted by Crippen LogP contribution is 2.58. The van der Waals surface area contributed by atoms with Crippen molar-refractivity contribution in [1.29, 1.82) is 0 Å². The molecule has 0 saturated heterocycles. The number of hydrogen-bond donors (Lipinski definition) is 1. The Balaban J connectivity index is 1.88. The average Bonchev–Trinajstić information content (AvgIpc) is 2.86. The van der Waals surface area contributed by atoms with Crippen LogP contribution in [-0.2, 0) is 9.53 Å². The summed E-state index contributed by atoms with van der Waals surface area (Å²) in [5.74, 6) is 2.40. The van der Waals surface area contributed by atoms with Crippen molar-refractivity contribution >= 4 is 5.97 Å². The highest BCUT2D eigenvalue weighted by molar-refractivity contribution is 5.65. The lowest BCUT2D eigenvalue weighted by Crippen LogP contribution is -2.40. The first-order valence-corrected chi connectivity index (χ1v) is 10.2. The molecule has 0 aromatic rings. The van der Waals surface area contributed by atoms with Crippen molar-refractivity contribution in [2.24, 2.45) is 29.1 Å². The summed E-state index contributed by atoms with van der Waals surface area (Å²) in [4.78, 5) is 10.9. The van der Waals surface area contributed by atoms with Gasteiger partial charge in [0, 0.05) is 6.92 Å². The van der Waals surface area contributed by atoms with Gasteiger partial charge in [-0.3, -0.25) is 4.79 Å². The van der Waals surface area contributed by atoms with Crippen LogP contribution < -0.4 is 0 Å². The summed E-state index contributed by atoms with van der Waals surface area (Å²) in [6.45, 7) is 11.1. The Hall–Kier alpha value is -0.830. The number of aliphatic hydroxyl groups is 1. The summed E-state index contributed by atoms with van der Waals surface area (Å²) in [5.41, 5.74) is 1.47. The van der Waals surface area contributed by atoms with Gasteiger partial charge < -0.3 is 9.84 Å². The Bertz CT molecular complexity index is 484. The largest absolute Gasteiger partial charge is 0.466 e. The Morgan fingerprint density at radius 2 is 2.08 bits per heavy atom. The molecule has 0 aromatic heterocycles. The second-order valence-electron chi connectivity index (χ2n) is 9.01. The van der Waals surface area contributed by atoms with Gasteiger partial charge in [0.2, 0.25) is 0 Å². The maximum absolute atomic E-state index is 10.9. The highest BCUT2D eigenvalue weighted by atomic mass is 16.5. The molecule has 3 heteroatoms. The molecule has 2 aliphatic carbocycles. The van der Waals surface area contributed by atoms with Crippen LogP contribution in [0.25, 0.3) is 0 Å². The van der Waals surface area contributed by atoms with Gasteiger partial charge in [-0.25, -0.2) is 0 Å². The lowest BCUT2D eigenvalue weighted by molar-refractivity contribution is -0.142. The lowest BCUT2D eigenvalue weighted by atomic mass is 9.60. The maximum atomic E-state index is 10.9. The first kappa shape index (κ1) is 20.5. The predicted molar refractivity (Wildman–Crippen MR) is 102 cm³/mol. The van der Waals surface area contributed by atoms with E-state index in [-0.39, 0.29) is 12.1 Å². The predicted octanol–water partition coefficient (Wildman–Crippen LogP) is 5.13. The molecule has 6 atom stereocenters. The number of hydrogen-bond acceptors (Lipinski definition) is 3. The van der Waals surface area contributed by atoms with Crippen molar-refractivity contribution in [2.45, 2.75) is 85.7 Å². The molecule has 144 valence electrons. The molecule has 0 amide bonds. The fraction of sp³-hybridized carbons (Fsp3) is 0.864. The first-order chi connectivity index (χ1) is 11.8. The van der Waals surface area contributed by atoms with E-state index in [2.05, 4.69) is 33.8 Å². The third-order valence-corrected chi connectivity index (χ3v) is 7.15. The molecule has 0 aliphatic heterocycles. The quantitative estimate of drug-likeness (QED) is 0.512. The van der Waals surface area contributed by atoms with Crippen molar-refractivity contribution in [3.63, 3.8) is 0 Å². The standard InChI is InChI=1S/C22H38O3/c1-15(14-25-19(5)23)7-6-8-16(2)20-10-9-18(4)22(20)12-11-17(3)21(24)13-22/h11,15-16,18,20-21,24H,6-10,12-14H2,1-5H3. The Morgan fingerprint density at radius 1 is 1.36 bits per heavy atom. The lowest BCUT2D eigenvalue weighted by Gasteiger charge is -2.45. The van der Waals surface area contributed by atoms with Crippen molar-refractivity contribution in [3.05, 3.63) is 11.6 Å². The van der Waals surface area contributed by atoms with Crippen molar-refractivity contribution in [2.75, 3.05) is 6.61 Å². The molecule has 0 heterocycles. The summed E-state index contributed by atoms with van der Waals surface area (Å²) in [6, 6.07) is 0. The smallest absolute Gasteiger partial charge is 0.302 e. The maximum Gasteiger partial charge on any atom is 0.302 e. The highest BCUT2D eigenvalue weighted by Gasteiger charge is 2.50. The van der Waals surface area contributed by atoms with Gasteiger partial charge in [0.15, 0.2) is 0 Å². The average molecular weight is 351 g/mol. The molecule has 0 aromatic carbocycles. The van der Waals surface area contributed by atoms with Crippen LogP contribution in [0.3, 0.4) is 0 Å². The van der Waals surface area contributed by atoms with Gasteiger partial charge in [0.05, 0.1) is 12.7 Å². The number of allylic oxidation sites excluding steroid dienone is 1. The van der Waals surface area contributed by atoms with E-state index in [9.17, 15) is 9.90 Å². The van der Waals surface area contributed by atoms with E-state index in [0.717, 1.165) is 30.8 Å². The van der Waals surface area contributed by atoms with Gasteiger partial charge in [-0.05, 0) is 73.7 Å². The van der Waals surface area contributed by atoms with Crippen LogP contribution in [0.1, 0.15) is 79.6 Å². The zero-order chi connectivity index (χ0) is 18.6. The molecule has 1 saturated carbocycles. The summed E-state index contributed by atoms with van der Waals surface area (Å²) in [5, 5.41) is 10.5. The summed E-state index contributed by atoms with van der Waals surface area (Å²) in [6.07, 6.45) is 10.3. The molecule has 1 fully saturated rings. The first-order valence-electron chi connectivity index (χ1n) is 10.2. The Morgan fingerprint density at radius 3 is 2.72 bits per heavy atom. The van der Waals surface area contributed by atoms with Crippen molar-refractivity contribution in [1.82, 2.24) is 0 Å². The fourth-order valence-corrected chi connectivity index (χ4v) is 5.35. The van der Waals surface area contributed by atoms with Gasteiger partial charge in [0.25, 0.3) is 0 Å². The van der Waals surface area contributed by atoms with E-state index < -0.39 is 0 Å². The summed E-state index contributed by atoms with van der Waals surface area (Å²) < 4.78 is 5.11. The Kier molecular flexibility index (Phi) is 7.13. The molecule has 2 aliphatic rings. The van der Waals surface area contributed by atoms with E-state index >= 15 is 0 Å². The number of rotatable bonds is 7. The molecule has 1 N–H and O–H groups in total. The number of ether oxygens (including phenoxy) is 1. The minimum absolute atomic E-state index is 0.179. The van der Waals surface area contributed by atoms with Gasteiger partial charge >= 0.3 is 5.97 Å². The van der Waals surface area contributed by atoms with E-state index in [1.165, 1.54) is 32.6 Å². The number of carbonyl (C=O) groups excluding carboxylic acids is 1. The Labute approximate surface area is 154 Å². The second kappa shape index (κ2) is 8.70. The van der Waals surface area contributed by atoms with E-state index in [1.54, 1.807) is 0 Å². The van der Waals surface area contributed by atoms with E-state index in [4.69, 9.17) is 4.74 Å². The van der Waals surface area contributed by atoms with Gasteiger partial charge in [0.1, 0.15) is 0 Å². The summed E-state index contributed by atoms with van der Waals surface area (Å²) >= 11 is 0. The van der Waals surface area contributed by atoms with Crippen LogP contribution in [0.2, 0.25) is 0 Å². The third-order valence-electron chi connectivity index (χ3n) is 7.15. The van der Waals surface area contributed by atoms with E-state index in [1.807, 2.05) is 0 Å². The molecule has 2 rings (SSSR count). The topological polar surface area (TPSA) is 46.5 Å². The van der Waals surface area contributed by atoms with Crippen molar-refractivity contribution in [3.8, 4) is 0 Å². The van der Waals surface area contributed by atoms with Gasteiger partial charge in [-0.1, -0.05) is 39.7 Å². The zero-order valence-electron chi connectivity index (χ0n) is 16.9. The van der Waals surface area contributed by atoms with Crippen LogP contribution >= 0.6 is 0 Å². The molecule has 0 radical (unpaired) electrons. The van der Waals surface area contributed by atoms with Crippen LogP contribution in [-0.4, -0.2) is 23.8 Å². The second-order valence-corrected chi connectivity index (χ2v) is 9.01. The minimum Gasteiger partial charge on any atom is -0.466 e. The third kappa shape index (κ3) is 4.87. The van der Waals surface area contributed by atoms with Crippen LogP contribution in [0.5, 0.6) is 0 Å². The molecule has 3 nitrogen and oxygen atoms in total. The number of carbonyl (C=O) groups is 1. The van der Waals surface area contributed by atoms with E-state index in [0.29, 0.717) is 29.8 Å². The molecular formula is C22H38O3. The van der Waals surface area contributed by atoms with Gasteiger partial charge in [-0.15, -0.1) is 0 Å². The molecule has 1 spiro atoms. The molecule has 6 unspecified atom stereocenters. The van der Waals surface area contributed by atoms with Crippen LogP contribution in [0.4, 0.5) is 0 Å². The summed E-state index contributed by atoms with van der Waals surface area (Å²) in [7, 11) is 0. The monoisotopic (exact) mass is 350 g/mol. The number of esters is 1. The van der Waals surface area contributed by atoms with Crippen LogP contribution in [0.15, 0.2) is 11.6 Å². The molecule has 25 heavy (non-hydrogen) atoms. The normalized spacial score (nSPS) is 34.6. The van der Waals surface area contributed by atoms with Crippen molar-refractivity contribution < 1.29 is 14.6 Å². The minimum atomic E-state index is -0.243.